The first-order valence-electron chi connectivity index (χ1n) is 21.9. The Morgan fingerprint density at radius 2 is 1.28 bits per heavy atom. The molecule has 58 heavy (non-hydrogen) atoms. The lowest BCUT2D eigenvalue weighted by Crippen LogP contribution is -2.50. The molecule has 0 radical (unpaired) electrons. The fraction of sp³-hybridized carbons (Fsp3) is 0.540. The van der Waals surface area contributed by atoms with E-state index in [-0.39, 0.29) is 28.6 Å². The van der Waals surface area contributed by atoms with Gasteiger partial charge in [0.25, 0.3) is 0 Å². The van der Waals surface area contributed by atoms with Gasteiger partial charge in [-0.2, -0.15) is 0 Å². The zero-order valence-corrected chi connectivity index (χ0v) is 35.5. The van der Waals surface area contributed by atoms with Crippen LogP contribution in [0.15, 0.2) is 84.9 Å². The molecule has 3 aliphatic carbocycles. The second-order valence-corrected chi connectivity index (χ2v) is 17.9. The van der Waals surface area contributed by atoms with Gasteiger partial charge in [-0.1, -0.05) is 85.3 Å². The molecule has 2 unspecified atom stereocenters. The molecule has 0 spiro atoms. The predicted molar refractivity (Wildman–Crippen MR) is 226 cm³/mol. The van der Waals surface area contributed by atoms with Crippen molar-refractivity contribution in [3.63, 3.8) is 0 Å². The fourth-order valence-electron chi connectivity index (χ4n) is 9.90. The van der Waals surface area contributed by atoms with Crippen molar-refractivity contribution in [2.75, 3.05) is 6.61 Å². The van der Waals surface area contributed by atoms with E-state index >= 15 is 0 Å². The van der Waals surface area contributed by atoms with E-state index in [0.717, 1.165) is 42.9 Å². The van der Waals surface area contributed by atoms with Crippen molar-refractivity contribution in [2.24, 2.45) is 46.8 Å². The van der Waals surface area contributed by atoms with Crippen LogP contribution in [-0.2, 0) is 4.74 Å². The molecule has 0 aliphatic heterocycles. The van der Waals surface area contributed by atoms with Crippen LogP contribution >= 0.6 is 0 Å². The molecule has 2 saturated carbocycles. The number of rotatable bonds is 16. The van der Waals surface area contributed by atoms with E-state index in [2.05, 4.69) is 46.8 Å². The first kappa shape index (κ1) is 43.0. The third kappa shape index (κ3) is 11.1. The lowest BCUT2D eigenvalue weighted by molar-refractivity contribution is -0.0640. The highest BCUT2D eigenvalue weighted by Gasteiger charge is 2.52. The number of hydrogen-bond donors (Lipinski definition) is 0. The molecule has 2 fully saturated rings. The van der Waals surface area contributed by atoms with Gasteiger partial charge in [0, 0.05) is 0 Å². The number of hydrogen-bond acceptors (Lipinski definition) is 8. The maximum Gasteiger partial charge on any atom is 0.514 e. The highest BCUT2D eigenvalue weighted by Crippen LogP contribution is 2.59. The second kappa shape index (κ2) is 19.9. The number of esters is 2. The molecule has 8 heteroatoms. The maximum atomic E-state index is 12.9. The summed E-state index contributed by atoms with van der Waals surface area (Å²) in [6, 6.07) is 19.1. The van der Waals surface area contributed by atoms with Crippen LogP contribution in [0.5, 0.6) is 23.0 Å². The first-order valence-corrected chi connectivity index (χ1v) is 21.9. The molecule has 0 amide bonds. The van der Waals surface area contributed by atoms with Crippen molar-refractivity contribution in [2.45, 2.75) is 118 Å². The first-order chi connectivity index (χ1) is 27.9. The van der Waals surface area contributed by atoms with Crippen LogP contribution in [-0.4, -0.2) is 30.8 Å². The second-order valence-electron chi connectivity index (χ2n) is 17.9. The smallest absolute Gasteiger partial charge is 0.494 e. The largest absolute Gasteiger partial charge is 0.514 e. The van der Waals surface area contributed by atoms with Gasteiger partial charge in [0.15, 0.2) is 0 Å². The Morgan fingerprint density at radius 3 is 1.88 bits per heavy atom. The minimum Gasteiger partial charge on any atom is -0.494 e. The molecule has 8 nitrogen and oxygen atoms in total. The van der Waals surface area contributed by atoms with E-state index < -0.39 is 18.1 Å². The Balaban J connectivity index is 0.945. The van der Waals surface area contributed by atoms with Crippen molar-refractivity contribution in [1.82, 2.24) is 0 Å². The van der Waals surface area contributed by atoms with Gasteiger partial charge in [-0.15, -0.1) is 0 Å². The molecule has 0 bridgehead atoms. The van der Waals surface area contributed by atoms with E-state index in [1.165, 1.54) is 51.4 Å². The maximum absolute atomic E-state index is 12.9. The van der Waals surface area contributed by atoms with Crippen molar-refractivity contribution in [1.29, 1.82) is 0 Å². The van der Waals surface area contributed by atoms with Gasteiger partial charge in [0.05, 0.1) is 17.7 Å². The number of fused-ring (bicyclic) bond motifs is 3. The molecule has 6 rings (SSSR count). The molecule has 312 valence electrons. The topological polar surface area (TPSA) is 97.4 Å². The Hall–Kier alpha value is -4.59. The summed E-state index contributed by atoms with van der Waals surface area (Å²) >= 11 is 0. The minimum atomic E-state index is -0.727. The molecule has 3 aromatic rings. The predicted octanol–water partition coefficient (Wildman–Crippen LogP) is 12.7. The van der Waals surface area contributed by atoms with E-state index in [4.69, 9.17) is 23.7 Å². The van der Waals surface area contributed by atoms with Crippen LogP contribution in [0.4, 0.5) is 4.79 Å². The monoisotopic (exact) mass is 792 g/mol. The van der Waals surface area contributed by atoms with Crippen molar-refractivity contribution >= 4 is 18.1 Å². The molecular weight excluding hydrogens is 729 g/mol. The van der Waals surface area contributed by atoms with Crippen LogP contribution in [0, 0.1) is 46.8 Å². The minimum absolute atomic E-state index is 0.196. The van der Waals surface area contributed by atoms with Crippen LogP contribution in [0.3, 0.4) is 0 Å². The van der Waals surface area contributed by atoms with Gasteiger partial charge in [0.1, 0.15) is 29.1 Å². The van der Waals surface area contributed by atoms with E-state index in [1.807, 2.05) is 6.92 Å². The Bertz CT molecular complexity index is 1830. The summed E-state index contributed by atoms with van der Waals surface area (Å²) in [5, 5.41) is 0. The highest BCUT2D eigenvalue weighted by atomic mass is 16.7. The summed E-state index contributed by atoms with van der Waals surface area (Å²) in [6.45, 7) is 14.5. The number of carbonyl (C=O) groups is 3. The van der Waals surface area contributed by atoms with Crippen LogP contribution in [0.25, 0.3) is 0 Å². The summed E-state index contributed by atoms with van der Waals surface area (Å²) in [5.41, 5.74) is 0.894. The summed E-state index contributed by atoms with van der Waals surface area (Å²) in [5.74, 6) is 5.32. The van der Waals surface area contributed by atoms with Gasteiger partial charge >= 0.3 is 18.1 Å². The standard InChI is InChI=1S/C50H64O8/c1-7-54-39-20-15-36(16-21-39)47(51)55-40-24-26-41(27-25-40)56-48(52)37-17-22-42(23-18-37)57-49(53)58-43-30-31-50(6)38(32-43)19-28-45-44(35(5)14-29-46(45)50)13-9-12-34(4)11-8-10-33(2)3/h15-28,33-35,38,43-46H,7-14,29-32H2,1-6H3/t34-,35-,38?,43?,44-,45+,46+,50+/m0/s1. The highest BCUT2D eigenvalue weighted by molar-refractivity contribution is 5.92. The van der Waals surface area contributed by atoms with Crippen molar-refractivity contribution in [3.8, 4) is 23.0 Å². The van der Waals surface area contributed by atoms with Gasteiger partial charge in [-0.3, -0.25) is 0 Å². The average Bonchev–Trinajstić information content (AvgIpc) is 3.20. The normalized spacial score (nSPS) is 25.5. The number of benzene rings is 3. The van der Waals surface area contributed by atoms with Gasteiger partial charge < -0.3 is 23.7 Å². The number of allylic oxidation sites excluding steroid dienone is 2. The van der Waals surface area contributed by atoms with E-state index in [0.29, 0.717) is 41.4 Å². The van der Waals surface area contributed by atoms with Crippen LogP contribution in [0.2, 0.25) is 0 Å². The molecule has 3 aromatic carbocycles. The summed E-state index contributed by atoms with van der Waals surface area (Å²) in [6.07, 6.45) is 17.5. The molecule has 0 N–H and O–H groups in total. The lowest BCUT2D eigenvalue weighted by atomic mass is 9.49. The molecule has 3 aliphatic rings. The average molecular weight is 793 g/mol. The Kier molecular flexibility index (Phi) is 14.8. The van der Waals surface area contributed by atoms with E-state index in [9.17, 15) is 14.4 Å². The van der Waals surface area contributed by atoms with Gasteiger partial charge in [-0.25, -0.2) is 14.4 Å². The van der Waals surface area contributed by atoms with Crippen molar-refractivity contribution < 1.29 is 38.1 Å². The molecule has 0 aromatic heterocycles. The van der Waals surface area contributed by atoms with E-state index in [1.54, 1.807) is 72.8 Å². The van der Waals surface area contributed by atoms with Gasteiger partial charge in [-0.05, 0) is 159 Å². The molecule has 8 atom stereocenters. The van der Waals surface area contributed by atoms with Crippen molar-refractivity contribution in [3.05, 3.63) is 96.1 Å². The Labute approximate surface area is 346 Å². The third-order valence-corrected chi connectivity index (χ3v) is 13.3. The fourth-order valence-corrected chi connectivity index (χ4v) is 9.90. The summed E-state index contributed by atoms with van der Waals surface area (Å²) < 4.78 is 27.8. The summed E-state index contributed by atoms with van der Waals surface area (Å²) in [4.78, 5) is 38.3. The zero-order valence-electron chi connectivity index (χ0n) is 35.5. The Morgan fingerprint density at radius 1 is 0.707 bits per heavy atom. The number of ether oxygens (including phenoxy) is 5. The molecule has 0 heterocycles. The third-order valence-electron chi connectivity index (χ3n) is 13.3. The molecular formula is C50H64O8. The lowest BCUT2D eigenvalue weighted by Gasteiger charge is -2.56. The summed E-state index contributed by atoms with van der Waals surface area (Å²) in [7, 11) is 0. The molecule has 0 saturated heterocycles. The van der Waals surface area contributed by atoms with Crippen LogP contribution < -0.4 is 18.9 Å². The zero-order chi connectivity index (χ0) is 41.2. The van der Waals surface area contributed by atoms with Crippen LogP contribution in [0.1, 0.15) is 133 Å². The van der Waals surface area contributed by atoms with Gasteiger partial charge in [0.2, 0.25) is 0 Å². The SMILES string of the molecule is CCOc1ccc(C(=O)Oc2ccc(OC(=O)c3ccc(OC(=O)OC4CC[C@]5(C)C(C=C[C@@H]6[C@@H](CCC[C@@H](C)CCCC(C)C)[C@@H](C)CC[C@H]65)C4)cc3)cc2)cc1. The quantitative estimate of drug-likeness (QED) is 0.0612. The number of carbonyl (C=O) groups excluding carboxylic acids is 3.